The Morgan fingerprint density at radius 3 is 1.25 bits per heavy atom. The lowest BCUT2D eigenvalue weighted by Crippen LogP contribution is -2.01. The molecule has 0 aromatic rings. The van der Waals surface area contributed by atoms with Crippen LogP contribution in [-0.2, 0) is 0 Å². The Hall–Kier alpha value is -0.520. The largest absolute Gasteiger partial charge is 0.0696 e. The first kappa shape index (κ1) is 4.37. The van der Waals surface area contributed by atoms with Crippen LogP contribution in [0.25, 0.3) is 0 Å². The normalized spacial score (nSPS) is 25.0. The van der Waals surface area contributed by atoms with E-state index in [1.165, 1.54) is 25.7 Å². The third kappa shape index (κ3) is 0.525. The van der Waals surface area contributed by atoms with Crippen molar-refractivity contribution in [1.29, 1.82) is 0 Å². The van der Waals surface area contributed by atoms with Gasteiger partial charge in [0.05, 0.1) is 0 Å². The van der Waals surface area contributed by atoms with Crippen molar-refractivity contribution < 1.29 is 0 Å². The minimum atomic E-state index is 1.35. The second kappa shape index (κ2) is 1.48. The number of rotatable bonds is 0. The minimum absolute atomic E-state index is 1.35. The highest BCUT2D eigenvalue weighted by Gasteiger charge is 2.12. The average Bonchev–Trinajstić information content (AvgIpc) is 1.92. The maximum absolute atomic E-state index is 2.29. The summed E-state index contributed by atoms with van der Waals surface area (Å²) >= 11 is 0. The Morgan fingerprint density at radius 2 is 1.12 bits per heavy atom. The molecule has 0 aliphatic heterocycles. The maximum atomic E-state index is 2.29. The predicted octanol–water partition coefficient (Wildman–Crippen LogP) is 2.43. The van der Waals surface area contributed by atoms with Gasteiger partial charge in [0.25, 0.3) is 0 Å². The van der Waals surface area contributed by atoms with Crippen LogP contribution in [0.2, 0.25) is 0 Å². The molecule has 0 spiro atoms. The van der Waals surface area contributed by atoms with Gasteiger partial charge in [-0.2, -0.15) is 0 Å². The van der Waals surface area contributed by atoms with E-state index in [-0.39, 0.29) is 0 Å². The van der Waals surface area contributed by atoms with Crippen molar-refractivity contribution in [2.75, 3.05) is 0 Å². The van der Waals surface area contributed by atoms with E-state index >= 15 is 0 Å². The van der Waals surface area contributed by atoms with Gasteiger partial charge in [0, 0.05) is 0 Å². The molecule has 3 aliphatic carbocycles. The van der Waals surface area contributed by atoms with Gasteiger partial charge >= 0.3 is 0 Å². The lowest BCUT2D eigenvalue weighted by Gasteiger charge is -2.20. The first-order chi connectivity index (χ1) is 3.95. The van der Waals surface area contributed by atoms with Gasteiger partial charge in [-0.15, -0.1) is 0 Å². The van der Waals surface area contributed by atoms with E-state index in [2.05, 4.69) is 12.2 Å². The summed E-state index contributed by atoms with van der Waals surface area (Å²) in [5.41, 5.74) is 3.33. The van der Waals surface area contributed by atoms with Crippen molar-refractivity contribution in [2.24, 2.45) is 0 Å². The Bertz CT molecular complexity index is 129. The second-order valence-corrected chi connectivity index (χ2v) is 2.65. The fourth-order valence-electron chi connectivity index (χ4n) is 1.46. The van der Waals surface area contributed by atoms with Crippen LogP contribution < -0.4 is 0 Å². The van der Waals surface area contributed by atoms with E-state index in [9.17, 15) is 0 Å². The number of fused-ring (bicyclic) bond motifs is 3. The predicted molar refractivity (Wildman–Crippen MR) is 34.6 cm³/mol. The molecule has 3 aliphatic rings. The molecule has 0 heterocycles. The van der Waals surface area contributed by atoms with E-state index in [0.29, 0.717) is 0 Å². The van der Waals surface area contributed by atoms with Crippen molar-refractivity contribution in [1.82, 2.24) is 0 Å². The summed E-state index contributed by atoms with van der Waals surface area (Å²) in [6.07, 6.45) is 10.0. The van der Waals surface area contributed by atoms with Crippen LogP contribution in [-0.4, -0.2) is 0 Å². The van der Waals surface area contributed by atoms with Crippen molar-refractivity contribution in [3.8, 4) is 0 Å². The number of hydrogen-bond acceptors (Lipinski definition) is 0. The van der Waals surface area contributed by atoms with Crippen LogP contribution in [0.3, 0.4) is 0 Å². The zero-order valence-corrected chi connectivity index (χ0v) is 4.98. The lowest BCUT2D eigenvalue weighted by atomic mass is 9.85. The van der Waals surface area contributed by atoms with Crippen molar-refractivity contribution in [2.45, 2.75) is 25.7 Å². The zero-order valence-electron chi connectivity index (χ0n) is 4.98. The van der Waals surface area contributed by atoms with Gasteiger partial charge in [0.2, 0.25) is 0 Å². The van der Waals surface area contributed by atoms with Gasteiger partial charge in [-0.25, -0.2) is 0 Å². The van der Waals surface area contributed by atoms with Crippen LogP contribution in [0.5, 0.6) is 0 Å². The van der Waals surface area contributed by atoms with Gasteiger partial charge in [-0.3, -0.25) is 0 Å². The van der Waals surface area contributed by atoms with Crippen molar-refractivity contribution in [3.63, 3.8) is 0 Å². The molecule has 0 unspecified atom stereocenters. The first-order valence-electron chi connectivity index (χ1n) is 3.32. The molecule has 0 aromatic heterocycles. The lowest BCUT2D eigenvalue weighted by molar-refractivity contribution is 0.712. The van der Waals surface area contributed by atoms with Crippen LogP contribution in [0, 0.1) is 0 Å². The molecule has 3 rings (SSSR count). The van der Waals surface area contributed by atoms with E-state index in [1.54, 1.807) is 11.1 Å². The highest BCUT2D eigenvalue weighted by molar-refractivity contribution is 5.29. The smallest absolute Gasteiger partial charge is 0.0280 e. The summed E-state index contributed by atoms with van der Waals surface area (Å²) in [7, 11) is 0. The van der Waals surface area contributed by atoms with E-state index in [4.69, 9.17) is 0 Å². The van der Waals surface area contributed by atoms with Gasteiger partial charge in [0.15, 0.2) is 0 Å². The Kier molecular flexibility index (Phi) is 0.806. The summed E-state index contributed by atoms with van der Waals surface area (Å²) in [5.74, 6) is 0. The summed E-state index contributed by atoms with van der Waals surface area (Å²) in [5, 5.41) is 0. The molecule has 0 N–H and O–H groups in total. The molecule has 0 atom stereocenters. The van der Waals surface area contributed by atoms with Gasteiger partial charge in [-0.05, 0) is 25.7 Å². The molecule has 0 nitrogen and oxygen atoms in total. The summed E-state index contributed by atoms with van der Waals surface area (Å²) < 4.78 is 0. The van der Waals surface area contributed by atoms with Crippen LogP contribution in [0.4, 0.5) is 0 Å². The fraction of sp³-hybridized carbons (Fsp3) is 0.500. The monoisotopic (exact) mass is 106 g/mol. The van der Waals surface area contributed by atoms with E-state index in [0.717, 1.165) is 0 Å². The van der Waals surface area contributed by atoms with Crippen molar-refractivity contribution in [3.05, 3.63) is 23.3 Å². The summed E-state index contributed by atoms with van der Waals surface area (Å²) in [4.78, 5) is 0. The SMILES string of the molecule is C1=C2CCC(=C1)CC2. The fourth-order valence-corrected chi connectivity index (χ4v) is 1.46. The van der Waals surface area contributed by atoms with Crippen LogP contribution in [0.15, 0.2) is 23.3 Å². The molecule has 8 heavy (non-hydrogen) atoms. The molecular weight excluding hydrogens is 96.1 g/mol. The number of hydrogen-bond donors (Lipinski definition) is 0. The van der Waals surface area contributed by atoms with Gasteiger partial charge < -0.3 is 0 Å². The van der Waals surface area contributed by atoms with Gasteiger partial charge in [-0.1, -0.05) is 23.3 Å². The molecule has 1 saturated carbocycles. The molecule has 0 amide bonds. The Labute approximate surface area is 49.9 Å². The Morgan fingerprint density at radius 1 is 0.750 bits per heavy atom. The summed E-state index contributed by atoms with van der Waals surface area (Å²) in [6.45, 7) is 0. The van der Waals surface area contributed by atoms with Gasteiger partial charge in [0.1, 0.15) is 0 Å². The molecule has 0 heteroatoms. The molecular formula is C8H10. The topological polar surface area (TPSA) is 0 Å². The Balaban J connectivity index is 2.36. The molecule has 0 saturated heterocycles. The van der Waals surface area contributed by atoms with Crippen LogP contribution >= 0.6 is 0 Å². The first-order valence-corrected chi connectivity index (χ1v) is 3.32. The maximum Gasteiger partial charge on any atom is -0.0280 e. The van der Waals surface area contributed by atoms with E-state index < -0.39 is 0 Å². The third-order valence-electron chi connectivity index (χ3n) is 2.09. The highest BCUT2D eigenvalue weighted by atomic mass is 14.2. The molecule has 0 aromatic carbocycles. The highest BCUT2D eigenvalue weighted by Crippen LogP contribution is 2.31. The van der Waals surface area contributed by atoms with Crippen LogP contribution in [0.1, 0.15) is 25.7 Å². The number of allylic oxidation sites excluding steroid dienone is 4. The standard InChI is InChI=1S/C8H10/c1-2-8-5-3-7(1)4-6-8/h1-2H,3-6H2. The third-order valence-corrected chi connectivity index (χ3v) is 2.09. The van der Waals surface area contributed by atoms with E-state index in [1.807, 2.05) is 0 Å². The molecule has 42 valence electrons. The molecule has 2 bridgehead atoms. The zero-order chi connectivity index (χ0) is 5.40. The van der Waals surface area contributed by atoms with Crippen molar-refractivity contribution >= 4 is 0 Å². The average molecular weight is 106 g/mol. The quantitative estimate of drug-likeness (QED) is 0.445. The minimum Gasteiger partial charge on any atom is -0.0696 e. The molecule has 1 fully saturated rings. The summed E-state index contributed by atoms with van der Waals surface area (Å²) in [6, 6.07) is 0. The molecule has 0 radical (unpaired) electrons. The second-order valence-electron chi connectivity index (χ2n) is 2.65.